The van der Waals surface area contributed by atoms with Crippen LogP contribution < -0.4 is 11.2 Å². The van der Waals surface area contributed by atoms with Crippen LogP contribution in [0.25, 0.3) is 0 Å². The Kier molecular flexibility index (Phi) is 4.28. The minimum absolute atomic E-state index is 0.612. The third-order valence-corrected chi connectivity index (χ3v) is 3.83. The zero-order valence-corrected chi connectivity index (χ0v) is 11.3. The largest absolute Gasteiger partial charge is 0.393 e. The summed E-state index contributed by atoms with van der Waals surface area (Å²) in [5.41, 5.74) is -3.43. The number of aromatic amines is 1. The van der Waals surface area contributed by atoms with E-state index < -0.39 is 54.5 Å². The second-order valence-electron chi connectivity index (χ2n) is 5.18. The summed E-state index contributed by atoms with van der Waals surface area (Å²) in [7, 11) is 0. The number of aromatic nitrogens is 2. The molecule has 5 atom stereocenters. The Morgan fingerprint density at radius 3 is 2.67 bits per heavy atom. The highest BCUT2D eigenvalue weighted by atomic mass is 19.1. The van der Waals surface area contributed by atoms with Crippen molar-refractivity contribution < 1.29 is 24.4 Å². The predicted octanol–water partition coefficient (Wildman–Crippen LogP) is -1.88. The van der Waals surface area contributed by atoms with Gasteiger partial charge in [0.2, 0.25) is 0 Å². The van der Waals surface area contributed by atoms with Gasteiger partial charge in [0.1, 0.15) is 19.0 Å². The van der Waals surface area contributed by atoms with E-state index in [0.717, 1.165) is 16.8 Å². The number of halogens is 1. The number of alkyl halides is 1. The van der Waals surface area contributed by atoms with Crippen LogP contribution in [-0.4, -0.2) is 56.0 Å². The Balaban J connectivity index is 2.47. The molecule has 1 unspecified atom stereocenters. The van der Waals surface area contributed by atoms with Gasteiger partial charge >= 0.3 is 5.69 Å². The van der Waals surface area contributed by atoms with Gasteiger partial charge < -0.3 is 20.1 Å². The molecule has 1 aromatic rings. The molecule has 21 heavy (non-hydrogen) atoms. The number of H-pyrrole nitrogens is 1. The Bertz CT molecular complexity index is 610. The molecule has 0 aliphatic carbocycles. The Morgan fingerprint density at radius 1 is 1.48 bits per heavy atom. The lowest BCUT2D eigenvalue weighted by atomic mass is 9.83. The molecule has 0 amide bonds. The van der Waals surface area contributed by atoms with E-state index in [1.165, 1.54) is 6.92 Å². The van der Waals surface area contributed by atoms with Gasteiger partial charge in [-0.25, -0.2) is 9.18 Å². The third-order valence-electron chi connectivity index (χ3n) is 3.83. The summed E-state index contributed by atoms with van der Waals surface area (Å²) < 4.78 is 19.6. The van der Waals surface area contributed by atoms with E-state index in [9.17, 15) is 29.3 Å². The van der Waals surface area contributed by atoms with Crippen LogP contribution in [0, 0.1) is 5.92 Å². The number of hydrogen-bond donors (Lipinski definition) is 4. The number of aliphatic hydroxyl groups is 3. The van der Waals surface area contributed by atoms with E-state index in [1.54, 1.807) is 0 Å². The molecule has 2 rings (SSSR count). The lowest BCUT2D eigenvalue weighted by Gasteiger charge is -2.47. The molecule has 0 saturated carbocycles. The van der Waals surface area contributed by atoms with Crippen molar-refractivity contribution >= 4 is 0 Å². The SMILES string of the molecule is C[C@@H]1C(O)[C@H](O)[C@](CO)(CF)O[C@H]1n1ccc(=O)[nH]c1=O. The molecule has 9 heteroatoms. The van der Waals surface area contributed by atoms with E-state index in [2.05, 4.69) is 0 Å². The first kappa shape index (κ1) is 15.8. The number of ether oxygens (including phenoxy) is 1. The van der Waals surface area contributed by atoms with Crippen LogP contribution in [-0.2, 0) is 4.74 Å². The summed E-state index contributed by atoms with van der Waals surface area (Å²) >= 11 is 0. The summed E-state index contributed by atoms with van der Waals surface area (Å²) in [6.45, 7) is -0.623. The highest BCUT2D eigenvalue weighted by Gasteiger charge is 2.53. The first-order chi connectivity index (χ1) is 9.86. The Morgan fingerprint density at radius 2 is 2.14 bits per heavy atom. The first-order valence-electron chi connectivity index (χ1n) is 6.38. The highest BCUT2D eigenvalue weighted by molar-refractivity contribution is 5.00. The molecule has 1 saturated heterocycles. The monoisotopic (exact) mass is 304 g/mol. The van der Waals surface area contributed by atoms with Gasteiger partial charge in [0.05, 0.1) is 12.7 Å². The van der Waals surface area contributed by atoms with E-state index in [0.29, 0.717) is 0 Å². The van der Waals surface area contributed by atoms with Crippen LogP contribution in [0.15, 0.2) is 21.9 Å². The molecule has 118 valence electrons. The van der Waals surface area contributed by atoms with Crippen LogP contribution in [0.2, 0.25) is 0 Å². The van der Waals surface area contributed by atoms with Crippen molar-refractivity contribution in [2.45, 2.75) is 31.0 Å². The minimum atomic E-state index is -2.02. The summed E-state index contributed by atoms with van der Waals surface area (Å²) in [6, 6.07) is 1.07. The van der Waals surface area contributed by atoms with Gasteiger partial charge in [-0.2, -0.15) is 0 Å². The smallest absolute Gasteiger partial charge is 0.330 e. The maximum Gasteiger partial charge on any atom is 0.330 e. The van der Waals surface area contributed by atoms with Gasteiger partial charge in [0, 0.05) is 18.2 Å². The standard InChI is InChI=1S/C12H17FN2O6/c1-6-8(18)9(19)12(4-13,5-16)21-10(6)15-3-2-7(17)14-11(15)20/h2-3,6,8-10,16,18-19H,4-5H2,1H3,(H,14,17,20)/t6-,8?,9+,10-,12-/m1/s1. The van der Waals surface area contributed by atoms with Crippen LogP contribution in [0.3, 0.4) is 0 Å². The molecule has 1 aliphatic rings. The average Bonchev–Trinajstić information content (AvgIpc) is 2.47. The summed E-state index contributed by atoms with van der Waals surface area (Å²) in [5.74, 6) is -0.769. The fourth-order valence-corrected chi connectivity index (χ4v) is 2.41. The van der Waals surface area contributed by atoms with Gasteiger partial charge in [0.25, 0.3) is 5.56 Å². The molecule has 0 aromatic carbocycles. The van der Waals surface area contributed by atoms with E-state index in [4.69, 9.17) is 4.74 Å². The molecular weight excluding hydrogens is 287 g/mol. The number of rotatable bonds is 3. The third kappa shape index (κ3) is 2.53. The fraction of sp³-hybridized carbons (Fsp3) is 0.667. The fourth-order valence-electron chi connectivity index (χ4n) is 2.41. The van der Waals surface area contributed by atoms with Crippen molar-refractivity contribution in [3.05, 3.63) is 33.1 Å². The maximum absolute atomic E-state index is 13.2. The second kappa shape index (κ2) is 5.68. The maximum atomic E-state index is 13.2. The van der Waals surface area contributed by atoms with Crippen LogP contribution in [0.4, 0.5) is 4.39 Å². The van der Waals surface area contributed by atoms with E-state index in [1.807, 2.05) is 4.98 Å². The highest BCUT2D eigenvalue weighted by Crippen LogP contribution is 2.38. The summed E-state index contributed by atoms with van der Waals surface area (Å²) in [6.07, 6.45) is -3.05. The van der Waals surface area contributed by atoms with Gasteiger partial charge in [-0.1, -0.05) is 6.92 Å². The van der Waals surface area contributed by atoms with Crippen molar-refractivity contribution in [2.75, 3.05) is 13.3 Å². The van der Waals surface area contributed by atoms with Crippen LogP contribution in [0.1, 0.15) is 13.2 Å². The second-order valence-corrected chi connectivity index (χ2v) is 5.18. The number of nitrogens with one attached hydrogen (secondary N) is 1. The normalized spacial score (nSPS) is 36.6. The van der Waals surface area contributed by atoms with Gasteiger partial charge in [-0.3, -0.25) is 14.3 Å². The van der Waals surface area contributed by atoms with Crippen molar-refractivity contribution in [2.24, 2.45) is 5.92 Å². The van der Waals surface area contributed by atoms with Crippen molar-refractivity contribution in [1.82, 2.24) is 9.55 Å². The molecule has 1 aromatic heterocycles. The van der Waals surface area contributed by atoms with E-state index >= 15 is 0 Å². The van der Waals surface area contributed by atoms with Crippen LogP contribution in [0.5, 0.6) is 0 Å². The lowest BCUT2D eigenvalue weighted by Crippen LogP contribution is -2.63. The van der Waals surface area contributed by atoms with Crippen molar-refractivity contribution in [3.8, 4) is 0 Å². The van der Waals surface area contributed by atoms with Crippen LogP contribution >= 0.6 is 0 Å². The molecule has 4 N–H and O–H groups in total. The number of aliphatic hydroxyl groups excluding tert-OH is 3. The summed E-state index contributed by atoms with van der Waals surface area (Å²) in [5, 5.41) is 29.3. The number of hydrogen-bond acceptors (Lipinski definition) is 6. The zero-order chi connectivity index (χ0) is 15.8. The van der Waals surface area contributed by atoms with Gasteiger partial charge in [-0.15, -0.1) is 0 Å². The van der Waals surface area contributed by atoms with Gasteiger partial charge in [-0.05, 0) is 0 Å². The summed E-state index contributed by atoms with van der Waals surface area (Å²) in [4.78, 5) is 24.9. The average molecular weight is 304 g/mol. The lowest BCUT2D eigenvalue weighted by molar-refractivity contribution is -0.285. The van der Waals surface area contributed by atoms with Crippen molar-refractivity contribution in [3.63, 3.8) is 0 Å². The quantitative estimate of drug-likeness (QED) is 0.518. The Labute approximate surface area is 118 Å². The Hall–Kier alpha value is -1.55. The molecule has 1 aliphatic heterocycles. The molecule has 8 nitrogen and oxygen atoms in total. The number of nitrogens with zero attached hydrogens (tertiary/aromatic N) is 1. The van der Waals surface area contributed by atoms with E-state index in [-0.39, 0.29) is 0 Å². The molecule has 2 heterocycles. The zero-order valence-electron chi connectivity index (χ0n) is 11.3. The van der Waals surface area contributed by atoms with Crippen molar-refractivity contribution in [1.29, 1.82) is 0 Å². The minimum Gasteiger partial charge on any atom is -0.393 e. The molecule has 0 radical (unpaired) electrons. The first-order valence-corrected chi connectivity index (χ1v) is 6.38. The van der Waals surface area contributed by atoms with Gasteiger partial charge in [0.15, 0.2) is 5.60 Å². The predicted molar refractivity (Wildman–Crippen MR) is 68.4 cm³/mol. The topological polar surface area (TPSA) is 125 Å². The molecule has 0 spiro atoms. The molecule has 1 fully saturated rings. The molecule has 0 bridgehead atoms. The molecular formula is C12H17FN2O6.